The molecule has 13 heavy (non-hydrogen) atoms. The van der Waals surface area contributed by atoms with Crippen molar-refractivity contribution in [3.63, 3.8) is 0 Å². The van der Waals surface area contributed by atoms with Crippen LogP contribution in [0.1, 0.15) is 5.56 Å². The Morgan fingerprint density at radius 2 is 2.08 bits per heavy atom. The predicted octanol–water partition coefficient (Wildman–Crippen LogP) is 2.28. The van der Waals surface area contributed by atoms with Crippen LogP contribution in [-0.2, 0) is 6.54 Å². The zero-order chi connectivity index (χ0) is 8.39. The molecule has 1 aliphatic heterocycles. The maximum atomic E-state index is 6.02. The Bertz CT molecular complexity index is 289. The fourth-order valence-electron chi connectivity index (χ4n) is 1.41. The molecule has 2 rings (SSSR count). The number of anilines is 1. The molecule has 1 heterocycles. The number of rotatable bonds is 0. The minimum absolute atomic E-state index is 0. The molecule has 1 aromatic rings. The van der Waals surface area contributed by atoms with Crippen LogP contribution >= 0.6 is 24.0 Å². The first kappa shape index (κ1) is 10.6. The third-order valence-electron chi connectivity index (χ3n) is 2.02. The summed E-state index contributed by atoms with van der Waals surface area (Å²) in [6.45, 7) is 2.84. The molecule has 1 aromatic carbocycles. The van der Waals surface area contributed by atoms with Gasteiger partial charge in [-0.1, -0.05) is 23.7 Å². The molecule has 0 aliphatic carbocycles. The van der Waals surface area contributed by atoms with Gasteiger partial charge in [-0.15, -0.1) is 12.4 Å². The van der Waals surface area contributed by atoms with Gasteiger partial charge >= 0.3 is 0 Å². The summed E-state index contributed by atoms with van der Waals surface area (Å²) in [7, 11) is 0. The van der Waals surface area contributed by atoms with Crippen LogP contribution in [-0.4, -0.2) is 13.1 Å². The predicted molar refractivity (Wildman–Crippen MR) is 58.9 cm³/mol. The molecule has 0 aromatic heterocycles. The third kappa shape index (κ3) is 2.27. The fraction of sp³-hybridized carbons (Fsp3) is 0.333. The van der Waals surface area contributed by atoms with Crippen molar-refractivity contribution in [2.75, 3.05) is 18.4 Å². The Hall–Kier alpha value is -0.440. The van der Waals surface area contributed by atoms with E-state index in [4.69, 9.17) is 11.6 Å². The van der Waals surface area contributed by atoms with Crippen LogP contribution in [0, 0.1) is 0 Å². The van der Waals surface area contributed by atoms with Gasteiger partial charge < -0.3 is 10.6 Å². The minimum atomic E-state index is 0. The Labute approximate surface area is 89.1 Å². The first-order chi connectivity index (χ1) is 5.88. The second-order valence-electron chi connectivity index (χ2n) is 2.88. The van der Waals surface area contributed by atoms with Crippen molar-refractivity contribution < 1.29 is 0 Å². The average Bonchev–Trinajstić information content (AvgIpc) is 2.30. The molecule has 0 saturated carbocycles. The van der Waals surface area contributed by atoms with Gasteiger partial charge in [0.25, 0.3) is 0 Å². The Balaban J connectivity index is 0.000000845. The lowest BCUT2D eigenvalue weighted by atomic mass is 10.2. The Morgan fingerprint density at radius 1 is 1.23 bits per heavy atom. The molecular weight excluding hydrogens is 207 g/mol. The monoisotopic (exact) mass is 218 g/mol. The molecule has 0 bridgehead atoms. The van der Waals surface area contributed by atoms with Gasteiger partial charge in [0.2, 0.25) is 0 Å². The topological polar surface area (TPSA) is 24.1 Å². The minimum Gasteiger partial charge on any atom is -0.382 e. The maximum Gasteiger partial charge on any atom is 0.0640 e. The smallest absolute Gasteiger partial charge is 0.0640 e. The van der Waals surface area contributed by atoms with Gasteiger partial charge in [-0.3, -0.25) is 0 Å². The van der Waals surface area contributed by atoms with Crippen LogP contribution in [0.3, 0.4) is 0 Å². The van der Waals surface area contributed by atoms with E-state index in [0.29, 0.717) is 0 Å². The average molecular weight is 219 g/mol. The van der Waals surface area contributed by atoms with E-state index in [1.807, 2.05) is 12.1 Å². The van der Waals surface area contributed by atoms with Crippen molar-refractivity contribution in [1.29, 1.82) is 0 Å². The van der Waals surface area contributed by atoms with Gasteiger partial charge in [0, 0.05) is 19.6 Å². The first-order valence-corrected chi connectivity index (χ1v) is 4.48. The number of nitrogens with one attached hydrogen (secondary N) is 2. The molecule has 0 spiro atoms. The van der Waals surface area contributed by atoms with Crippen molar-refractivity contribution in [3.8, 4) is 0 Å². The molecule has 0 amide bonds. The molecule has 0 unspecified atom stereocenters. The quantitative estimate of drug-likeness (QED) is 0.699. The lowest BCUT2D eigenvalue weighted by Crippen LogP contribution is -2.16. The zero-order valence-corrected chi connectivity index (χ0v) is 8.71. The lowest BCUT2D eigenvalue weighted by Gasteiger charge is -2.07. The van der Waals surface area contributed by atoms with Crippen LogP contribution in [0.5, 0.6) is 0 Å². The highest BCUT2D eigenvalue weighted by Crippen LogP contribution is 2.26. The van der Waals surface area contributed by atoms with Gasteiger partial charge in [-0.05, 0) is 11.6 Å². The van der Waals surface area contributed by atoms with E-state index in [-0.39, 0.29) is 12.4 Å². The van der Waals surface area contributed by atoms with E-state index < -0.39 is 0 Å². The van der Waals surface area contributed by atoms with Crippen molar-refractivity contribution in [1.82, 2.24) is 5.32 Å². The summed E-state index contributed by atoms with van der Waals surface area (Å²) >= 11 is 6.02. The van der Waals surface area contributed by atoms with Crippen LogP contribution < -0.4 is 10.6 Å². The summed E-state index contributed by atoms with van der Waals surface area (Å²) in [4.78, 5) is 0. The van der Waals surface area contributed by atoms with Crippen LogP contribution in [0.15, 0.2) is 18.2 Å². The summed E-state index contributed by atoms with van der Waals surface area (Å²) in [5.74, 6) is 0. The number of halogens is 2. The number of para-hydroxylation sites is 1. The molecule has 0 fully saturated rings. The van der Waals surface area contributed by atoms with E-state index in [2.05, 4.69) is 16.7 Å². The molecule has 0 atom stereocenters. The SMILES string of the molecule is Cl.Clc1cccc2c1NCCNC2. The summed E-state index contributed by atoms with van der Waals surface area (Å²) in [5.41, 5.74) is 2.34. The van der Waals surface area contributed by atoms with Crippen LogP contribution in [0.2, 0.25) is 5.02 Å². The van der Waals surface area contributed by atoms with Crippen molar-refractivity contribution in [2.24, 2.45) is 0 Å². The van der Waals surface area contributed by atoms with Gasteiger partial charge in [0.1, 0.15) is 0 Å². The molecule has 0 saturated heterocycles. The fourth-order valence-corrected chi connectivity index (χ4v) is 1.67. The summed E-state index contributed by atoms with van der Waals surface area (Å²) in [6, 6.07) is 5.99. The first-order valence-electron chi connectivity index (χ1n) is 4.10. The zero-order valence-electron chi connectivity index (χ0n) is 7.14. The molecule has 0 radical (unpaired) electrons. The van der Waals surface area contributed by atoms with Crippen molar-refractivity contribution >= 4 is 29.7 Å². The van der Waals surface area contributed by atoms with Crippen LogP contribution in [0.4, 0.5) is 5.69 Å². The summed E-state index contributed by atoms with van der Waals surface area (Å²) in [5, 5.41) is 7.42. The maximum absolute atomic E-state index is 6.02. The summed E-state index contributed by atoms with van der Waals surface area (Å²) in [6.07, 6.45) is 0. The van der Waals surface area contributed by atoms with Crippen molar-refractivity contribution in [3.05, 3.63) is 28.8 Å². The molecule has 72 valence electrons. The second kappa shape index (κ2) is 4.70. The molecule has 2 N–H and O–H groups in total. The number of hydrogen-bond donors (Lipinski definition) is 2. The highest BCUT2D eigenvalue weighted by Gasteiger charge is 2.08. The van der Waals surface area contributed by atoms with E-state index in [1.54, 1.807) is 0 Å². The van der Waals surface area contributed by atoms with Gasteiger partial charge in [0.15, 0.2) is 0 Å². The molecule has 2 nitrogen and oxygen atoms in total. The van der Waals surface area contributed by atoms with E-state index >= 15 is 0 Å². The molecular formula is C9H12Cl2N2. The number of fused-ring (bicyclic) bond motifs is 1. The van der Waals surface area contributed by atoms with E-state index in [1.165, 1.54) is 5.56 Å². The number of hydrogen-bond acceptors (Lipinski definition) is 2. The lowest BCUT2D eigenvalue weighted by molar-refractivity contribution is 0.725. The second-order valence-corrected chi connectivity index (χ2v) is 3.28. The third-order valence-corrected chi connectivity index (χ3v) is 2.33. The van der Waals surface area contributed by atoms with Gasteiger partial charge in [-0.2, -0.15) is 0 Å². The Kier molecular flexibility index (Phi) is 3.85. The normalized spacial score (nSPS) is 14.8. The largest absolute Gasteiger partial charge is 0.382 e. The molecule has 1 aliphatic rings. The highest BCUT2D eigenvalue weighted by molar-refractivity contribution is 6.33. The summed E-state index contributed by atoms with van der Waals surface area (Å²) < 4.78 is 0. The van der Waals surface area contributed by atoms with E-state index in [9.17, 15) is 0 Å². The highest BCUT2D eigenvalue weighted by atomic mass is 35.5. The van der Waals surface area contributed by atoms with Gasteiger partial charge in [-0.25, -0.2) is 0 Å². The number of benzene rings is 1. The van der Waals surface area contributed by atoms with Crippen molar-refractivity contribution in [2.45, 2.75) is 6.54 Å². The standard InChI is InChI=1S/C9H11ClN2.ClH/c10-8-3-1-2-7-6-11-4-5-12-9(7)8;/h1-3,11-12H,4-6H2;1H. The molecule has 4 heteroatoms. The Morgan fingerprint density at radius 3 is 2.92 bits per heavy atom. The van der Waals surface area contributed by atoms with Gasteiger partial charge in [0.05, 0.1) is 10.7 Å². The van der Waals surface area contributed by atoms with E-state index in [0.717, 1.165) is 30.3 Å². The van der Waals surface area contributed by atoms with Crippen LogP contribution in [0.25, 0.3) is 0 Å².